The molecule has 0 amide bonds. The number of benzene rings is 1. The molecule has 0 bridgehead atoms. The first kappa shape index (κ1) is 10.1. The number of hydrogen-bond donors (Lipinski definition) is 1. The van der Waals surface area contributed by atoms with Crippen LogP contribution in [0, 0.1) is 0 Å². The van der Waals surface area contributed by atoms with Crippen molar-refractivity contribution in [2.24, 2.45) is 5.73 Å². The smallest absolute Gasteiger partial charge is 0.109 e. The van der Waals surface area contributed by atoms with Crippen LogP contribution < -0.4 is 5.73 Å². The number of hydrogen-bond acceptors (Lipinski definition) is 3. The molecule has 3 radical (unpaired) electrons. The van der Waals surface area contributed by atoms with E-state index in [0.29, 0.717) is 5.02 Å². The fourth-order valence-corrected chi connectivity index (χ4v) is 2.41. The van der Waals surface area contributed by atoms with Crippen LogP contribution in [0.1, 0.15) is 11.9 Å². The Labute approximate surface area is 94.5 Å². The van der Waals surface area contributed by atoms with E-state index in [1.54, 1.807) is 11.3 Å². The Morgan fingerprint density at radius 2 is 2.29 bits per heavy atom. The number of fused-ring (bicyclic) bond motifs is 1. The first-order chi connectivity index (χ1) is 6.47. The summed E-state index contributed by atoms with van der Waals surface area (Å²) in [7, 11) is 3.43. The zero-order chi connectivity index (χ0) is 10.3. The third kappa shape index (κ3) is 1.83. The molecule has 1 unspecified atom stereocenters. The van der Waals surface area contributed by atoms with E-state index < -0.39 is 5.16 Å². The molecule has 14 heavy (non-hydrogen) atoms. The Kier molecular flexibility index (Phi) is 2.39. The summed E-state index contributed by atoms with van der Waals surface area (Å²) in [6.07, 6.45) is 0. The van der Waals surface area contributed by atoms with E-state index in [9.17, 15) is 0 Å². The van der Waals surface area contributed by atoms with Gasteiger partial charge in [0.1, 0.15) is 5.01 Å². The maximum Gasteiger partial charge on any atom is 0.109 e. The molecule has 71 valence electrons. The maximum atomic E-state index is 5.89. The molecule has 0 saturated heterocycles. The standard InChI is InChI=1S/C9H8ClN2SSi/c1-9(11,14)8-12-6-4-5(10)2-3-7(6)13-8/h2-4H,11H2,1H3. The fourth-order valence-electron chi connectivity index (χ4n) is 1.12. The molecule has 0 saturated carbocycles. The molecule has 2 nitrogen and oxygen atoms in total. The minimum Gasteiger partial charge on any atom is -0.323 e. The molecule has 1 heterocycles. The Bertz CT molecular complexity index is 475. The minimum absolute atomic E-state index is 0.573. The molecule has 0 aliphatic carbocycles. The van der Waals surface area contributed by atoms with Gasteiger partial charge in [-0.3, -0.25) is 0 Å². The molecular formula is C9H8ClN2SSi. The summed E-state index contributed by atoms with van der Waals surface area (Å²) < 4.78 is 1.10. The van der Waals surface area contributed by atoms with E-state index >= 15 is 0 Å². The zero-order valence-corrected chi connectivity index (χ0v) is 10.1. The molecule has 1 aromatic carbocycles. The number of nitrogens with two attached hydrogens (primary N) is 1. The Morgan fingerprint density at radius 3 is 2.93 bits per heavy atom. The maximum absolute atomic E-state index is 5.89. The quantitative estimate of drug-likeness (QED) is 0.776. The first-order valence-electron chi connectivity index (χ1n) is 4.07. The van der Waals surface area contributed by atoms with Crippen molar-refractivity contribution in [1.82, 2.24) is 4.98 Å². The minimum atomic E-state index is -0.573. The van der Waals surface area contributed by atoms with Gasteiger partial charge in [0, 0.05) is 10.2 Å². The summed E-state index contributed by atoms with van der Waals surface area (Å²) in [6.45, 7) is 1.86. The van der Waals surface area contributed by atoms with Gasteiger partial charge in [-0.2, -0.15) is 0 Å². The van der Waals surface area contributed by atoms with Crippen LogP contribution in [0.25, 0.3) is 10.2 Å². The van der Waals surface area contributed by atoms with Gasteiger partial charge in [0.2, 0.25) is 0 Å². The monoisotopic (exact) mass is 239 g/mol. The summed E-state index contributed by atoms with van der Waals surface area (Å²) in [5, 5.41) is 0.976. The normalized spacial score (nSPS) is 15.7. The van der Waals surface area contributed by atoms with Gasteiger partial charge >= 0.3 is 0 Å². The van der Waals surface area contributed by atoms with Gasteiger partial charge in [0.05, 0.1) is 20.5 Å². The zero-order valence-electron chi connectivity index (χ0n) is 7.54. The topological polar surface area (TPSA) is 38.9 Å². The Morgan fingerprint density at radius 1 is 1.57 bits per heavy atom. The van der Waals surface area contributed by atoms with E-state index in [-0.39, 0.29) is 0 Å². The van der Waals surface area contributed by atoms with Crippen molar-refractivity contribution in [1.29, 1.82) is 0 Å². The third-order valence-corrected chi connectivity index (χ3v) is 3.72. The van der Waals surface area contributed by atoms with E-state index in [1.165, 1.54) is 0 Å². The van der Waals surface area contributed by atoms with Crippen LogP contribution in [0.4, 0.5) is 0 Å². The van der Waals surface area contributed by atoms with E-state index in [2.05, 4.69) is 15.2 Å². The molecule has 5 heteroatoms. The largest absolute Gasteiger partial charge is 0.323 e. The third-order valence-electron chi connectivity index (χ3n) is 1.79. The highest BCUT2D eigenvalue weighted by atomic mass is 35.5. The molecular weight excluding hydrogens is 232 g/mol. The number of nitrogens with zero attached hydrogens (tertiary/aromatic N) is 1. The van der Waals surface area contributed by atoms with Crippen LogP contribution in [-0.4, -0.2) is 15.2 Å². The SMILES string of the molecule is CC(N)([Si])c1nc2cc(Cl)ccc2s1. The fraction of sp³-hybridized carbons (Fsp3) is 0.222. The molecule has 1 aromatic heterocycles. The molecule has 0 fully saturated rings. The molecule has 2 rings (SSSR count). The second-order valence-corrected chi connectivity index (χ2v) is 5.84. The molecule has 2 N–H and O–H groups in total. The van der Waals surface area contributed by atoms with Gasteiger partial charge in [0.25, 0.3) is 0 Å². The lowest BCUT2D eigenvalue weighted by atomic mass is 10.3. The van der Waals surface area contributed by atoms with Gasteiger partial charge in [-0.15, -0.1) is 11.3 Å². The Balaban J connectivity index is 2.63. The summed E-state index contributed by atoms with van der Waals surface area (Å²) in [5.74, 6) is 0. The summed E-state index contributed by atoms with van der Waals surface area (Å²) >= 11 is 7.43. The van der Waals surface area contributed by atoms with Gasteiger partial charge in [-0.25, -0.2) is 4.98 Å². The van der Waals surface area contributed by atoms with Crippen molar-refractivity contribution in [2.75, 3.05) is 0 Å². The average molecular weight is 240 g/mol. The highest BCUT2D eigenvalue weighted by Gasteiger charge is 2.19. The lowest BCUT2D eigenvalue weighted by Gasteiger charge is -2.13. The second-order valence-electron chi connectivity index (χ2n) is 3.33. The second kappa shape index (κ2) is 3.31. The summed E-state index contributed by atoms with van der Waals surface area (Å²) in [4.78, 5) is 4.41. The molecule has 0 aliphatic heterocycles. The molecule has 0 spiro atoms. The van der Waals surface area contributed by atoms with Gasteiger partial charge < -0.3 is 5.73 Å². The van der Waals surface area contributed by atoms with Crippen LogP contribution in [0.15, 0.2) is 18.2 Å². The van der Waals surface area contributed by atoms with Crippen molar-refractivity contribution in [3.8, 4) is 0 Å². The number of thiazole rings is 1. The van der Waals surface area contributed by atoms with Crippen LogP contribution in [0.2, 0.25) is 5.02 Å². The van der Waals surface area contributed by atoms with Crippen molar-refractivity contribution in [2.45, 2.75) is 12.1 Å². The van der Waals surface area contributed by atoms with E-state index in [0.717, 1.165) is 15.2 Å². The van der Waals surface area contributed by atoms with Crippen LogP contribution in [0.3, 0.4) is 0 Å². The Hall–Kier alpha value is -0.423. The summed E-state index contributed by atoms with van der Waals surface area (Å²) in [5.41, 5.74) is 6.78. The molecule has 2 aromatic rings. The molecule has 0 aliphatic rings. The number of aromatic nitrogens is 1. The number of rotatable bonds is 1. The van der Waals surface area contributed by atoms with Crippen LogP contribution >= 0.6 is 22.9 Å². The predicted octanol–water partition coefficient (Wildman–Crippen LogP) is 2.25. The van der Waals surface area contributed by atoms with Gasteiger partial charge in [-0.05, 0) is 25.1 Å². The van der Waals surface area contributed by atoms with E-state index in [1.807, 2.05) is 25.1 Å². The summed E-state index contributed by atoms with van der Waals surface area (Å²) in [6, 6.07) is 5.65. The highest BCUT2D eigenvalue weighted by Crippen LogP contribution is 2.28. The lowest BCUT2D eigenvalue weighted by molar-refractivity contribution is 0.714. The molecule has 1 atom stereocenters. The number of halogens is 1. The first-order valence-corrected chi connectivity index (χ1v) is 5.77. The van der Waals surface area contributed by atoms with Crippen molar-refractivity contribution >= 4 is 43.4 Å². The average Bonchev–Trinajstić information content (AvgIpc) is 2.45. The van der Waals surface area contributed by atoms with Crippen LogP contribution in [-0.2, 0) is 5.16 Å². The predicted molar refractivity (Wildman–Crippen MR) is 61.9 cm³/mol. The van der Waals surface area contributed by atoms with Crippen molar-refractivity contribution in [3.63, 3.8) is 0 Å². The van der Waals surface area contributed by atoms with Gasteiger partial charge in [0.15, 0.2) is 0 Å². The van der Waals surface area contributed by atoms with Crippen molar-refractivity contribution in [3.05, 3.63) is 28.2 Å². The van der Waals surface area contributed by atoms with Crippen LogP contribution in [0.5, 0.6) is 0 Å². The lowest BCUT2D eigenvalue weighted by Crippen LogP contribution is -2.32. The highest BCUT2D eigenvalue weighted by molar-refractivity contribution is 7.18. The van der Waals surface area contributed by atoms with E-state index in [4.69, 9.17) is 17.3 Å². The van der Waals surface area contributed by atoms with Crippen molar-refractivity contribution < 1.29 is 0 Å². The van der Waals surface area contributed by atoms with Gasteiger partial charge in [-0.1, -0.05) is 11.6 Å².